The maximum atomic E-state index is 15.7. The van der Waals surface area contributed by atoms with Crippen molar-refractivity contribution in [1.82, 2.24) is 45.7 Å². The van der Waals surface area contributed by atoms with E-state index < -0.39 is 71.0 Å². The third-order valence-corrected chi connectivity index (χ3v) is 13.5. The van der Waals surface area contributed by atoms with Crippen LogP contribution in [0.3, 0.4) is 0 Å². The number of pyridine rings is 1. The second-order valence-corrected chi connectivity index (χ2v) is 17.9. The number of alkyl halides is 5. The Morgan fingerprint density at radius 3 is 2.48 bits per heavy atom. The summed E-state index contributed by atoms with van der Waals surface area (Å²) in [5, 5.41) is 12.8. The summed E-state index contributed by atoms with van der Waals surface area (Å²) in [5.41, 5.74) is 1.50. The first-order valence-corrected chi connectivity index (χ1v) is 22.1. The first-order valence-electron chi connectivity index (χ1n) is 21.3. The molecule has 11 rings (SSSR count). The highest BCUT2D eigenvalue weighted by Crippen LogP contribution is 2.60. The smallest absolute Gasteiger partial charge is 0.348 e. The first-order chi connectivity index (χ1) is 32.2. The Bertz CT molecular complexity index is 3250. The van der Waals surface area contributed by atoms with E-state index >= 15 is 8.78 Å². The van der Waals surface area contributed by atoms with Crippen molar-refractivity contribution in [3.05, 3.63) is 152 Å². The van der Waals surface area contributed by atoms with Crippen LogP contribution in [0.25, 0.3) is 32.7 Å². The van der Waals surface area contributed by atoms with Crippen LogP contribution in [0.2, 0.25) is 0 Å². The van der Waals surface area contributed by atoms with Crippen molar-refractivity contribution in [3.63, 3.8) is 0 Å². The number of thiazole rings is 1. The molecule has 2 amide bonds. The highest BCUT2D eigenvalue weighted by Gasteiger charge is 2.61. The van der Waals surface area contributed by atoms with Crippen molar-refractivity contribution in [1.29, 1.82) is 0 Å². The molecule has 338 valence electrons. The van der Waals surface area contributed by atoms with Gasteiger partial charge in [-0.05, 0) is 84.8 Å². The number of hydrogen-bond donors (Lipinski definition) is 4. The van der Waals surface area contributed by atoms with Crippen molar-refractivity contribution < 1.29 is 40.3 Å². The maximum absolute atomic E-state index is 15.7. The Balaban J connectivity index is 0.962. The number of aromatic nitrogens is 6. The number of nitrogens with one attached hydrogen (secondary N) is 4. The van der Waals surface area contributed by atoms with E-state index in [2.05, 4.69) is 42.9 Å². The van der Waals surface area contributed by atoms with Crippen LogP contribution in [0, 0.1) is 29.4 Å². The fourth-order valence-electron chi connectivity index (χ4n) is 9.38. The van der Waals surface area contributed by atoms with Crippen LogP contribution >= 0.6 is 11.3 Å². The fourth-order valence-corrected chi connectivity index (χ4v) is 10.2. The molecule has 0 bridgehead atoms. The number of hydrogen-bond acceptors (Lipinski definition) is 8. The second-order valence-electron chi connectivity index (χ2n) is 16.9. The summed E-state index contributed by atoms with van der Waals surface area (Å²) in [5.74, 6) is -2.60. The minimum Gasteiger partial charge on any atom is -0.348 e. The lowest BCUT2D eigenvalue weighted by atomic mass is 9.81. The van der Waals surface area contributed by atoms with E-state index in [1.807, 2.05) is 30.5 Å². The number of fused-ring (bicyclic) bond motifs is 5. The summed E-state index contributed by atoms with van der Waals surface area (Å²) < 4.78 is 104. The molecule has 1 unspecified atom stereocenters. The molecule has 1 saturated heterocycles. The van der Waals surface area contributed by atoms with Crippen LogP contribution in [0.1, 0.15) is 91.4 Å². The maximum Gasteiger partial charge on any atom is 0.435 e. The largest absolute Gasteiger partial charge is 0.435 e. The number of imidazole rings is 1. The van der Waals surface area contributed by atoms with E-state index in [4.69, 9.17) is 9.97 Å². The molecule has 0 radical (unpaired) electrons. The summed E-state index contributed by atoms with van der Waals surface area (Å²) in [6.07, 6.45) is 0.951. The number of carbonyl (C=O) groups is 2. The lowest BCUT2D eigenvalue weighted by Gasteiger charge is -2.27. The molecule has 4 N–H and O–H groups in total. The molecule has 11 nitrogen and oxygen atoms in total. The zero-order valence-electron chi connectivity index (χ0n) is 34.7. The third kappa shape index (κ3) is 7.72. The van der Waals surface area contributed by atoms with Gasteiger partial charge in [-0.15, -0.1) is 11.3 Å². The number of benzene rings is 3. The molecule has 7 aromatic rings. The van der Waals surface area contributed by atoms with Gasteiger partial charge in [-0.2, -0.15) is 27.1 Å². The van der Waals surface area contributed by atoms with Crippen molar-refractivity contribution in [2.24, 2.45) is 5.92 Å². The van der Waals surface area contributed by atoms with Gasteiger partial charge in [0.15, 0.2) is 16.3 Å². The van der Waals surface area contributed by atoms with E-state index in [9.17, 15) is 31.5 Å². The molecule has 4 aliphatic rings. The summed E-state index contributed by atoms with van der Waals surface area (Å²) in [7, 11) is 0. The quantitative estimate of drug-likeness (QED) is 0.0644. The van der Waals surface area contributed by atoms with E-state index in [1.165, 1.54) is 17.4 Å². The number of H-pyrrole nitrogens is 1. The molecule has 3 aromatic carbocycles. The molecule has 19 heteroatoms. The van der Waals surface area contributed by atoms with E-state index in [0.29, 0.717) is 49.3 Å². The summed E-state index contributed by atoms with van der Waals surface area (Å²) in [6.45, 7) is 0.193. The molecular weight excluding hydrogens is 900 g/mol. The van der Waals surface area contributed by atoms with E-state index in [0.717, 1.165) is 60.2 Å². The Morgan fingerprint density at radius 2 is 1.75 bits per heavy atom. The van der Waals surface area contributed by atoms with E-state index in [1.54, 1.807) is 24.3 Å². The average Bonchev–Trinajstić information content (AvgIpc) is 4.13. The molecule has 2 aliphatic carbocycles. The number of halogens is 7. The normalized spacial score (nSPS) is 19.3. The van der Waals surface area contributed by atoms with Gasteiger partial charge in [-0.1, -0.05) is 42.3 Å². The van der Waals surface area contributed by atoms with Gasteiger partial charge < -0.3 is 20.9 Å². The van der Waals surface area contributed by atoms with Gasteiger partial charge in [0.25, 0.3) is 11.8 Å². The van der Waals surface area contributed by atoms with Gasteiger partial charge >= 0.3 is 6.18 Å². The topological polar surface area (TPSA) is 143 Å². The van der Waals surface area contributed by atoms with Crippen molar-refractivity contribution in [2.45, 2.75) is 62.5 Å². The van der Waals surface area contributed by atoms with Gasteiger partial charge in [0.05, 0.1) is 34.1 Å². The van der Waals surface area contributed by atoms with Crippen LogP contribution in [0.5, 0.6) is 0 Å². The van der Waals surface area contributed by atoms with Gasteiger partial charge in [-0.3, -0.25) is 14.3 Å². The Hall–Kier alpha value is -7.17. The van der Waals surface area contributed by atoms with E-state index in [-0.39, 0.29) is 35.3 Å². The molecule has 2 aliphatic heterocycles. The fraction of sp³-hybridized carbons (Fsp3) is 0.250. The second kappa shape index (κ2) is 16.0. The monoisotopic (exact) mass is 933 g/mol. The SMILES string of the molecule is O=C(Cn1nc(C(F)(F)F)c2c1C(F)(F)[C@@H]1C=C[C@H]21)N[C@@H](Cc1cc(F)cc(F)c1)c1nc2nc(C#Cc3ccc(-c4c[nH]c(C5CCCN5)n4)cc3)sc2cc1-c1ccc2c(c1)C(=O)NC2. The number of carbonyl (C=O) groups excluding carboxylic acids is 2. The number of nitrogens with zero attached hydrogens (tertiary/aromatic N) is 5. The lowest BCUT2D eigenvalue weighted by Crippen LogP contribution is -2.36. The zero-order chi connectivity index (χ0) is 46.4. The molecule has 67 heavy (non-hydrogen) atoms. The molecule has 6 heterocycles. The molecule has 1 fully saturated rings. The highest BCUT2D eigenvalue weighted by atomic mass is 32.1. The van der Waals surface area contributed by atoms with Crippen LogP contribution in [0.4, 0.5) is 30.7 Å². The Morgan fingerprint density at radius 1 is 0.955 bits per heavy atom. The molecule has 0 spiro atoms. The minimum absolute atomic E-state index is 0.0619. The van der Waals surface area contributed by atoms with Gasteiger partial charge in [0, 0.05) is 52.5 Å². The number of allylic oxidation sites excluding steroid dienone is 2. The van der Waals surface area contributed by atoms with Crippen molar-refractivity contribution in [3.8, 4) is 34.2 Å². The Kier molecular flexibility index (Phi) is 10.2. The van der Waals surface area contributed by atoms with Crippen LogP contribution in [-0.2, 0) is 36.4 Å². The Labute approximate surface area is 380 Å². The van der Waals surface area contributed by atoms with Gasteiger partial charge in [-0.25, -0.2) is 23.7 Å². The van der Waals surface area contributed by atoms with Crippen LogP contribution in [-0.4, -0.2) is 48.1 Å². The molecule has 4 aromatic heterocycles. The van der Waals surface area contributed by atoms with Gasteiger partial charge in [0.1, 0.15) is 29.7 Å². The standard InChI is InChI=1S/C48H34F7N9O2S/c49-28-14-24(15-29(50)18-28)16-35(59-38(65)22-64-43-40(42(63-64)48(53,54)55)30-10-11-33(30)47(43,51)52)41-31(26-8-9-27-20-58-46(66)32(27)17-26)19-37-45(62-41)61-39(67-37)12-5-23-3-6-25(7-4-23)36-21-57-44(60-36)34-2-1-13-56-34/h3-4,6-11,14-15,17-19,21,30,33-35,56H,1-2,13,16,20,22H2,(H,57,60)(H,58,66)(H,59,65)/t30-,33+,34?,35-/m0/s1. The molecule has 4 atom stereocenters. The van der Waals surface area contributed by atoms with Crippen LogP contribution in [0.15, 0.2) is 85.1 Å². The predicted molar refractivity (Wildman–Crippen MR) is 231 cm³/mol. The zero-order valence-corrected chi connectivity index (χ0v) is 35.6. The lowest BCUT2D eigenvalue weighted by molar-refractivity contribution is -0.142. The molecule has 0 saturated carbocycles. The van der Waals surface area contributed by atoms with Crippen LogP contribution < -0.4 is 16.0 Å². The van der Waals surface area contributed by atoms with Gasteiger partial charge in [0.2, 0.25) is 5.91 Å². The van der Waals surface area contributed by atoms with Crippen molar-refractivity contribution in [2.75, 3.05) is 6.54 Å². The third-order valence-electron chi connectivity index (χ3n) is 12.6. The highest BCUT2D eigenvalue weighted by molar-refractivity contribution is 7.19. The summed E-state index contributed by atoms with van der Waals surface area (Å²) in [6, 6.07) is 16.1. The number of aromatic amines is 1. The summed E-state index contributed by atoms with van der Waals surface area (Å²) >= 11 is 1.22. The number of amides is 2. The minimum atomic E-state index is -5.09. The van der Waals surface area contributed by atoms with Crippen molar-refractivity contribution >= 4 is 33.5 Å². The summed E-state index contributed by atoms with van der Waals surface area (Å²) in [4.78, 5) is 44.5. The predicted octanol–water partition coefficient (Wildman–Crippen LogP) is 8.78. The molecular formula is C48H34F7N9O2S. The first kappa shape index (κ1) is 42.5. The number of rotatable bonds is 9. The average molecular weight is 934 g/mol.